The molecule has 1 unspecified atom stereocenters. The van der Waals surface area contributed by atoms with Crippen molar-refractivity contribution in [2.45, 2.75) is 38.6 Å². The summed E-state index contributed by atoms with van der Waals surface area (Å²) in [5, 5.41) is 9.92. The van der Waals surface area contributed by atoms with E-state index in [1.54, 1.807) is 11.3 Å². The third-order valence-electron chi connectivity index (χ3n) is 3.57. The third kappa shape index (κ3) is 2.43. The molecule has 1 amide bonds. The third-order valence-corrected chi connectivity index (χ3v) is 4.75. The van der Waals surface area contributed by atoms with E-state index in [0.717, 1.165) is 23.4 Å². The molecule has 3 rings (SSSR count). The molecule has 4 N–H and O–H groups in total. The van der Waals surface area contributed by atoms with Gasteiger partial charge in [-0.1, -0.05) is 0 Å². The van der Waals surface area contributed by atoms with E-state index in [4.69, 9.17) is 5.73 Å². The summed E-state index contributed by atoms with van der Waals surface area (Å²) < 4.78 is 0. The highest BCUT2D eigenvalue weighted by Gasteiger charge is 2.30. The van der Waals surface area contributed by atoms with Crippen LogP contribution in [-0.2, 0) is 0 Å². The lowest BCUT2D eigenvalue weighted by atomic mass is 10.2. The minimum atomic E-state index is -0.218. The first kappa shape index (κ1) is 13.2. The Labute approximate surface area is 121 Å². The molecule has 1 saturated carbocycles. The minimum Gasteiger partial charge on any atom is -0.395 e. The molecule has 1 atom stereocenters. The molecule has 2 aromatic rings. The average molecular weight is 290 g/mol. The molecule has 6 heteroatoms. The van der Waals surface area contributed by atoms with Gasteiger partial charge in [0.1, 0.15) is 0 Å². The van der Waals surface area contributed by atoms with Crippen molar-refractivity contribution in [3.05, 3.63) is 33.3 Å². The quantitative estimate of drug-likeness (QED) is 0.809. The average Bonchev–Trinajstić information content (AvgIpc) is 3.03. The zero-order valence-electron chi connectivity index (χ0n) is 11.6. The van der Waals surface area contributed by atoms with Gasteiger partial charge in [0.05, 0.1) is 17.4 Å². The number of hydrogen-bond acceptors (Lipinski definition) is 4. The Morgan fingerprint density at radius 3 is 2.90 bits per heavy atom. The van der Waals surface area contributed by atoms with Crippen LogP contribution >= 0.6 is 11.3 Å². The highest BCUT2D eigenvalue weighted by molar-refractivity contribution is 7.12. The molecule has 5 nitrogen and oxygen atoms in total. The van der Waals surface area contributed by atoms with Crippen molar-refractivity contribution in [3.63, 3.8) is 0 Å². The summed E-state index contributed by atoms with van der Waals surface area (Å²) in [5.74, 6) is 0.241. The molecule has 0 aliphatic heterocycles. The van der Waals surface area contributed by atoms with Crippen LogP contribution in [-0.4, -0.2) is 16.1 Å². The lowest BCUT2D eigenvalue weighted by molar-refractivity contribution is 0.0936. The SMILES string of the molecule is Cc1ccc(C(C)NC(=O)c2n[nH]c(C3CC3)c2N)s1. The van der Waals surface area contributed by atoms with Gasteiger partial charge in [-0.2, -0.15) is 5.10 Å². The van der Waals surface area contributed by atoms with Gasteiger partial charge in [0.15, 0.2) is 5.69 Å². The topological polar surface area (TPSA) is 83.8 Å². The van der Waals surface area contributed by atoms with Gasteiger partial charge in [0.2, 0.25) is 0 Å². The Kier molecular flexibility index (Phi) is 3.25. The molecule has 1 aliphatic rings. The van der Waals surface area contributed by atoms with E-state index in [9.17, 15) is 4.79 Å². The van der Waals surface area contributed by atoms with Gasteiger partial charge in [-0.25, -0.2) is 0 Å². The van der Waals surface area contributed by atoms with Gasteiger partial charge in [0, 0.05) is 15.7 Å². The number of anilines is 1. The summed E-state index contributed by atoms with van der Waals surface area (Å²) in [5.41, 5.74) is 7.74. The van der Waals surface area contributed by atoms with E-state index >= 15 is 0 Å². The monoisotopic (exact) mass is 290 g/mol. The van der Waals surface area contributed by atoms with E-state index in [1.807, 2.05) is 13.0 Å². The number of nitrogens with one attached hydrogen (secondary N) is 2. The number of rotatable bonds is 4. The number of carbonyl (C=O) groups excluding carboxylic acids is 1. The molecule has 0 bridgehead atoms. The van der Waals surface area contributed by atoms with Crippen molar-refractivity contribution in [2.24, 2.45) is 0 Å². The number of aromatic amines is 1. The van der Waals surface area contributed by atoms with Crippen LogP contribution in [0.1, 0.15) is 57.7 Å². The second-order valence-corrected chi connectivity index (χ2v) is 6.64. The predicted octanol–water partition coefficient (Wildman–Crippen LogP) is 2.73. The standard InChI is InChI=1S/C14H18N4OS/c1-7-3-6-10(20-7)8(2)16-14(19)13-11(15)12(17-18-13)9-4-5-9/h3,6,8-9H,4-5,15H2,1-2H3,(H,16,19)(H,17,18). The maximum atomic E-state index is 12.2. The van der Waals surface area contributed by atoms with Crippen molar-refractivity contribution < 1.29 is 4.79 Å². The molecule has 0 aromatic carbocycles. The Morgan fingerprint density at radius 2 is 2.30 bits per heavy atom. The fourth-order valence-electron chi connectivity index (χ4n) is 2.24. The van der Waals surface area contributed by atoms with Gasteiger partial charge < -0.3 is 11.1 Å². The number of aryl methyl sites for hydroxylation is 1. The largest absolute Gasteiger partial charge is 0.395 e. The number of thiophene rings is 1. The highest BCUT2D eigenvalue weighted by atomic mass is 32.1. The van der Waals surface area contributed by atoms with E-state index in [-0.39, 0.29) is 11.9 Å². The maximum Gasteiger partial charge on any atom is 0.274 e. The number of amides is 1. The smallest absolute Gasteiger partial charge is 0.274 e. The van der Waals surface area contributed by atoms with Crippen LogP contribution in [0.4, 0.5) is 5.69 Å². The maximum absolute atomic E-state index is 12.2. The van der Waals surface area contributed by atoms with E-state index in [1.165, 1.54) is 4.88 Å². The van der Waals surface area contributed by atoms with Crippen molar-refractivity contribution in [2.75, 3.05) is 5.73 Å². The van der Waals surface area contributed by atoms with Crippen molar-refractivity contribution in [1.29, 1.82) is 0 Å². The van der Waals surface area contributed by atoms with E-state index < -0.39 is 0 Å². The van der Waals surface area contributed by atoms with Crippen LogP contribution in [0.15, 0.2) is 12.1 Å². The molecule has 106 valence electrons. The lowest BCUT2D eigenvalue weighted by Gasteiger charge is -2.11. The minimum absolute atomic E-state index is 0.0401. The molecule has 2 heterocycles. The first-order valence-electron chi connectivity index (χ1n) is 6.77. The summed E-state index contributed by atoms with van der Waals surface area (Å²) in [7, 11) is 0. The molecule has 1 fully saturated rings. The van der Waals surface area contributed by atoms with Crippen LogP contribution in [0, 0.1) is 6.92 Å². The fourth-order valence-corrected chi connectivity index (χ4v) is 3.12. The molecular weight excluding hydrogens is 272 g/mol. The second-order valence-electron chi connectivity index (χ2n) is 5.32. The summed E-state index contributed by atoms with van der Waals surface area (Å²) in [6.45, 7) is 4.02. The van der Waals surface area contributed by atoms with Crippen LogP contribution in [0.2, 0.25) is 0 Å². The van der Waals surface area contributed by atoms with Crippen LogP contribution in [0.5, 0.6) is 0 Å². The summed E-state index contributed by atoms with van der Waals surface area (Å²) >= 11 is 1.68. The number of nitrogens with two attached hydrogens (primary N) is 1. The highest BCUT2D eigenvalue weighted by Crippen LogP contribution is 2.42. The zero-order chi connectivity index (χ0) is 14.3. The lowest BCUT2D eigenvalue weighted by Crippen LogP contribution is -2.27. The van der Waals surface area contributed by atoms with Gasteiger partial charge in [-0.15, -0.1) is 11.3 Å². The van der Waals surface area contributed by atoms with Gasteiger partial charge >= 0.3 is 0 Å². The first-order chi connectivity index (χ1) is 9.56. The van der Waals surface area contributed by atoms with E-state index in [0.29, 0.717) is 17.3 Å². The van der Waals surface area contributed by atoms with Crippen LogP contribution in [0.25, 0.3) is 0 Å². The van der Waals surface area contributed by atoms with Crippen LogP contribution in [0.3, 0.4) is 0 Å². The molecule has 0 spiro atoms. The summed E-state index contributed by atoms with van der Waals surface area (Å²) in [6, 6.07) is 4.05. The van der Waals surface area contributed by atoms with Crippen molar-refractivity contribution >= 4 is 22.9 Å². The van der Waals surface area contributed by atoms with Crippen molar-refractivity contribution in [1.82, 2.24) is 15.5 Å². The molecule has 2 aromatic heterocycles. The number of hydrogen-bond donors (Lipinski definition) is 3. The van der Waals surface area contributed by atoms with Gasteiger partial charge in [0.25, 0.3) is 5.91 Å². The Hall–Kier alpha value is -1.82. The zero-order valence-corrected chi connectivity index (χ0v) is 12.4. The molecular formula is C14H18N4OS. The van der Waals surface area contributed by atoms with Gasteiger partial charge in [-0.05, 0) is 38.8 Å². The fraction of sp³-hybridized carbons (Fsp3) is 0.429. The Balaban J connectivity index is 1.72. The normalized spacial score (nSPS) is 16.1. The number of carbonyl (C=O) groups is 1. The number of aromatic nitrogens is 2. The molecule has 1 aliphatic carbocycles. The molecule has 20 heavy (non-hydrogen) atoms. The number of H-pyrrole nitrogens is 1. The Morgan fingerprint density at radius 1 is 1.55 bits per heavy atom. The Bertz CT molecular complexity index is 641. The van der Waals surface area contributed by atoms with Crippen molar-refractivity contribution in [3.8, 4) is 0 Å². The predicted molar refractivity (Wildman–Crippen MR) is 79.9 cm³/mol. The number of nitrogens with zero attached hydrogens (tertiary/aromatic N) is 1. The number of nitrogen functional groups attached to an aromatic ring is 1. The molecule has 0 saturated heterocycles. The van der Waals surface area contributed by atoms with Gasteiger partial charge in [-0.3, -0.25) is 9.89 Å². The van der Waals surface area contributed by atoms with E-state index in [2.05, 4.69) is 28.5 Å². The summed E-state index contributed by atoms with van der Waals surface area (Å²) in [6.07, 6.45) is 2.25. The second kappa shape index (κ2) is 4.94. The van der Waals surface area contributed by atoms with Crippen LogP contribution < -0.4 is 11.1 Å². The first-order valence-corrected chi connectivity index (χ1v) is 7.59. The molecule has 0 radical (unpaired) electrons. The summed E-state index contributed by atoms with van der Waals surface area (Å²) in [4.78, 5) is 14.6.